The van der Waals surface area contributed by atoms with Crippen molar-refractivity contribution in [3.63, 3.8) is 0 Å². The van der Waals surface area contributed by atoms with Crippen molar-refractivity contribution >= 4 is 25.7 Å². The van der Waals surface area contributed by atoms with E-state index in [1.807, 2.05) is 24.2 Å². The van der Waals surface area contributed by atoms with E-state index in [4.69, 9.17) is 10.8 Å². The fourth-order valence-corrected chi connectivity index (χ4v) is 4.29. The van der Waals surface area contributed by atoms with Crippen LogP contribution in [-0.4, -0.2) is 52.9 Å². The summed E-state index contributed by atoms with van der Waals surface area (Å²) in [5.41, 5.74) is 5.01. The molecule has 2 aromatic heterocycles. The summed E-state index contributed by atoms with van der Waals surface area (Å²) in [6.45, 7) is 7.60. The third-order valence-corrected chi connectivity index (χ3v) is 8.31. The third-order valence-electron chi connectivity index (χ3n) is 5.10. The molecule has 148 valence electrons. The molecule has 0 amide bonds. The van der Waals surface area contributed by atoms with E-state index in [-0.39, 0.29) is 5.49 Å². The van der Waals surface area contributed by atoms with Crippen molar-refractivity contribution in [3.05, 3.63) is 36.1 Å². The Balaban J connectivity index is 1.85. The van der Waals surface area contributed by atoms with E-state index in [0.29, 0.717) is 11.8 Å². The summed E-state index contributed by atoms with van der Waals surface area (Å²) >= 11 is 0. The minimum absolute atomic E-state index is 0.287. The van der Waals surface area contributed by atoms with Gasteiger partial charge < -0.3 is 0 Å². The summed E-state index contributed by atoms with van der Waals surface area (Å²) in [6.07, 6.45) is 4.32. The predicted octanol–water partition coefficient (Wildman–Crippen LogP) is 2.85. The van der Waals surface area contributed by atoms with E-state index < -0.39 is 8.07 Å². The normalized spacial score (nSPS) is 16.0. The highest BCUT2D eigenvalue weighted by molar-refractivity contribution is 6.80. The number of aromatic nitrogens is 3. The van der Waals surface area contributed by atoms with Gasteiger partial charge in [0, 0.05) is 44.0 Å². The van der Waals surface area contributed by atoms with Crippen LogP contribution in [0.2, 0.25) is 25.2 Å². The second-order valence-electron chi connectivity index (χ2n) is 7.80. The maximum Gasteiger partial charge on any atom is 0.251 e. The molecule has 0 aromatic carbocycles. The first-order chi connectivity index (χ1) is 13.3. The topological polar surface area (TPSA) is 106 Å². The Hall–Kier alpha value is -2.65. The van der Waals surface area contributed by atoms with E-state index in [2.05, 4.69) is 40.4 Å². The van der Waals surface area contributed by atoms with Gasteiger partial charge in [0.05, 0.1) is 13.8 Å². The van der Waals surface area contributed by atoms with E-state index in [1.54, 1.807) is 23.0 Å². The van der Waals surface area contributed by atoms with Gasteiger partial charge in [-0.15, -0.1) is 0 Å². The molecule has 1 aliphatic rings. The zero-order chi connectivity index (χ0) is 20.3. The lowest BCUT2D eigenvalue weighted by Gasteiger charge is -2.21. The fraction of sp³-hybridized carbons (Fsp3) is 0.421. The molecule has 2 aromatic rings. The first-order valence-electron chi connectivity index (χ1n) is 9.52. The van der Waals surface area contributed by atoms with Gasteiger partial charge >= 0.3 is 0 Å². The van der Waals surface area contributed by atoms with Crippen LogP contribution in [0.15, 0.2) is 35.6 Å². The van der Waals surface area contributed by atoms with Gasteiger partial charge in [0.2, 0.25) is 0 Å². The number of nitrogens with zero attached hydrogens (tertiary/aromatic N) is 5. The average Bonchev–Trinajstić information content (AvgIpc) is 3.06. The Morgan fingerprint density at radius 2 is 2.14 bits per heavy atom. The molecule has 28 heavy (non-hydrogen) atoms. The molecule has 0 atom stereocenters. The maximum atomic E-state index is 8.41. The molecule has 0 saturated carbocycles. The van der Waals surface area contributed by atoms with Crippen LogP contribution in [0.3, 0.4) is 0 Å². The molecule has 0 spiro atoms. The van der Waals surface area contributed by atoms with Crippen molar-refractivity contribution in [3.8, 4) is 11.3 Å². The van der Waals surface area contributed by atoms with E-state index in [0.717, 1.165) is 42.1 Å². The standard InChI is InChI=1S/C19H28N8Si/c1-5-28(3,4)13-17(21)27-11-8-14(12-16(27)20)15-6-9-22-19(24-15)25-18-7-10-23-26(18)2/h6,8-9,11-12,20-21,23H,5,7,10,13H2,1-4H3. The van der Waals surface area contributed by atoms with Gasteiger partial charge in [-0.25, -0.2) is 15.4 Å². The van der Waals surface area contributed by atoms with Crippen LogP contribution in [0.1, 0.15) is 13.3 Å². The van der Waals surface area contributed by atoms with Crippen LogP contribution in [0.5, 0.6) is 0 Å². The van der Waals surface area contributed by atoms with Crippen molar-refractivity contribution < 1.29 is 0 Å². The number of rotatable bonds is 5. The average molecular weight is 397 g/mol. The van der Waals surface area contributed by atoms with Crippen LogP contribution in [0.4, 0.5) is 5.95 Å². The Labute approximate surface area is 166 Å². The molecule has 0 radical (unpaired) electrons. The minimum atomic E-state index is -1.43. The molecular formula is C19H28N8Si. The molecule has 8 nitrogen and oxygen atoms in total. The first kappa shape index (κ1) is 20.1. The lowest BCUT2D eigenvalue weighted by molar-refractivity contribution is 0.418. The Morgan fingerprint density at radius 1 is 1.36 bits per heavy atom. The number of aliphatic imine (C=N–C) groups is 1. The van der Waals surface area contributed by atoms with Gasteiger partial charge in [0.15, 0.2) is 0 Å². The van der Waals surface area contributed by atoms with Crippen LogP contribution < -0.4 is 10.9 Å². The van der Waals surface area contributed by atoms with Gasteiger partial charge in [-0.1, -0.05) is 26.1 Å². The van der Waals surface area contributed by atoms with Crippen LogP contribution in [0, 0.1) is 10.8 Å². The molecule has 1 fully saturated rings. The lowest BCUT2D eigenvalue weighted by atomic mass is 10.2. The Morgan fingerprint density at radius 3 is 2.79 bits per heavy atom. The molecule has 9 heteroatoms. The number of hydrogen-bond acceptors (Lipinski definition) is 6. The highest BCUT2D eigenvalue weighted by Gasteiger charge is 2.21. The molecule has 3 heterocycles. The minimum Gasteiger partial charge on any atom is -0.299 e. The molecule has 0 aliphatic carbocycles. The zero-order valence-electron chi connectivity index (χ0n) is 17.0. The van der Waals surface area contributed by atoms with Crippen LogP contribution in [-0.2, 0) is 0 Å². The van der Waals surface area contributed by atoms with Crippen molar-refractivity contribution in [2.75, 3.05) is 13.6 Å². The van der Waals surface area contributed by atoms with Crippen LogP contribution >= 0.6 is 0 Å². The molecule has 0 bridgehead atoms. The largest absolute Gasteiger partial charge is 0.299 e. The molecule has 1 aliphatic heterocycles. The molecular weight excluding hydrogens is 368 g/mol. The van der Waals surface area contributed by atoms with Crippen molar-refractivity contribution in [1.29, 1.82) is 10.8 Å². The number of hydrogen-bond donors (Lipinski definition) is 3. The first-order valence-corrected chi connectivity index (χ1v) is 12.9. The summed E-state index contributed by atoms with van der Waals surface area (Å²) < 4.78 is 1.65. The number of nitrogens with one attached hydrogen (secondary N) is 3. The second-order valence-corrected chi connectivity index (χ2v) is 13.2. The number of hydrazine groups is 1. The third kappa shape index (κ3) is 4.60. The molecule has 3 N–H and O–H groups in total. The number of pyridine rings is 1. The summed E-state index contributed by atoms with van der Waals surface area (Å²) in [6, 6.07) is 7.35. The van der Waals surface area contributed by atoms with E-state index >= 15 is 0 Å². The maximum absolute atomic E-state index is 8.41. The Bertz CT molecular complexity index is 962. The monoisotopic (exact) mass is 396 g/mol. The lowest BCUT2D eigenvalue weighted by Crippen LogP contribution is -2.34. The molecule has 0 unspecified atom stereocenters. The predicted molar refractivity (Wildman–Crippen MR) is 115 cm³/mol. The molecule has 1 saturated heterocycles. The van der Waals surface area contributed by atoms with Gasteiger partial charge in [-0.3, -0.25) is 20.4 Å². The Kier molecular flexibility index (Phi) is 5.85. The summed E-state index contributed by atoms with van der Waals surface area (Å²) in [5, 5.41) is 18.7. The van der Waals surface area contributed by atoms with Crippen molar-refractivity contribution in [1.82, 2.24) is 25.0 Å². The SMILES string of the molecule is CC[Si](C)(C)CC(=N)n1ccc(-c2ccnc(N=C3CCNN3C)n2)cc1=N. The van der Waals surface area contributed by atoms with Gasteiger partial charge in [0.1, 0.15) is 17.2 Å². The zero-order valence-corrected chi connectivity index (χ0v) is 18.0. The van der Waals surface area contributed by atoms with Crippen molar-refractivity contribution in [2.45, 2.75) is 38.5 Å². The van der Waals surface area contributed by atoms with Gasteiger partial charge in [-0.2, -0.15) is 4.99 Å². The van der Waals surface area contributed by atoms with Crippen LogP contribution in [0.25, 0.3) is 11.3 Å². The quantitative estimate of drug-likeness (QED) is 0.410. The molecule has 3 rings (SSSR count). The summed E-state index contributed by atoms with van der Waals surface area (Å²) in [5.74, 6) is 1.80. The fourth-order valence-electron chi connectivity index (χ4n) is 2.96. The number of amidine groups is 1. The highest BCUT2D eigenvalue weighted by Crippen LogP contribution is 2.19. The van der Waals surface area contributed by atoms with Gasteiger partial charge in [0.25, 0.3) is 5.95 Å². The van der Waals surface area contributed by atoms with Gasteiger partial charge in [-0.05, 0) is 18.2 Å². The smallest absolute Gasteiger partial charge is 0.251 e. The van der Waals surface area contributed by atoms with E-state index in [9.17, 15) is 0 Å². The highest BCUT2D eigenvalue weighted by atomic mass is 28.3. The second kappa shape index (κ2) is 8.15. The van der Waals surface area contributed by atoms with Crippen molar-refractivity contribution in [2.24, 2.45) is 4.99 Å². The summed E-state index contributed by atoms with van der Waals surface area (Å²) in [7, 11) is 0.498. The van der Waals surface area contributed by atoms with E-state index in [1.165, 1.54) is 0 Å². The summed E-state index contributed by atoms with van der Waals surface area (Å²) in [4.78, 5) is 13.3.